The molecule has 7 nitrogen and oxygen atoms in total. The van der Waals surface area contributed by atoms with Crippen LogP contribution in [0.25, 0.3) is 10.8 Å². The van der Waals surface area contributed by atoms with Crippen molar-refractivity contribution < 1.29 is 9.66 Å². The third-order valence-corrected chi connectivity index (χ3v) is 4.29. The highest BCUT2D eigenvalue weighted by molar-refractivity contribution is 5.83. The molecule has 3 aromatic rings. The summed E-state index contributed by atoms with van der Waals surface area (Å²) in [5.41, 5.74) is -0.183. The Hall–Kier alpha value is -3.22. The average molecular weight is 336 g/mol. The van der Waals surface area contributed by atoms with Gasteiger partial charge < -0.3 is 9.64 Å². The smallest absolute Gasteiger partial charge is 0.373 e. The molecule has 0 aliphatic carbocycles. The molecular formula is C18H16N4O3. The monoisotopic (exact) mass is 336 g/mol. The molecule has 0 saturated carbocycles. The van der Waals surface area contributed by atoms with Crippen molar-refractivity contribution in [3.63, 3.8) is 0 Å². The fourth-order valence-electron chi connectivity index (χ4n) is 3.09. The Kier molecular flexibility index (Phi) is 3.89. The van der Waals surface area contributed by atoms with Gasteiger partial charge in [-0.3, -0.25) is 10.1 Å². The minimum atomic E-state index is -0.468. The van der Waals surface area contributed by atoms with Gasteiger partial charge in [0.25, 0.3) is 0 Å². The van der Waals surface area contributed by atoms with Crippen LogP contribution in [0.2, 0.25) is 0 Å². The van der Waals surface area contributed by atoms with E-state index >= 15 is 0 Å². The van der Waals surface area contributed by atoms with E-state index in [1.807, 2.05) is 41.3 Å². The molecule has 0 N–H and O–H groups in total. The zero-order valence-electron chi connectivity index (χ0n) is 13.5. The molecule has 4 rings (SSSR count). The van der Waals surface area contributed by atoms with Gasteiger partial charge in [0.05, 0.1) is 4.92 Å². The lowest BCUT2D eigenvalue weighted by Crippen LogP contribution is -2.20. The minimum absolute atomic E-state index is 0.0304. The number of rotatable bonds is 4. The molecule has 2 aromatic carbocycles. The number of aromatic nitrogens is 2. The quantitative estimate of drug-likeness (QED) is 0.530. The van der Waals surface area contributed by atoms with E-state index in [1.54, 1.807) is 6.07 Å². The predicted octanol–water partition coefficient (Wildman–Crippen LogP) is 3.93. The van der Waals surface area contributed by atoms with Crippen LogP contribution in [0.15, 0.2) is 48.8 Å². The molecule has 0 spiro atoms. The van der Waals surface area contributed by atoms with Gasteiger partial charge in [-0.15, -0.1) is 0 Å². The second-order valence-corrected chi connectivity index (χ2v) is 5.91. The summed E-state index contributed by atoms with van der Waals surface area (Å²) in [6, 6.07) is 13.4. The maximum atomic E-state index is 11.6. The largest absolute Gasteiger partial charge is 0.434 e. The number of hydrogen-bond acceptors (Lipinski definition) is 6. The summed E-state index contributed by atoms with van der Waals surface area (Å²) >= 11 is 0. The molecule has 1 aromatic heterocycles. The van der Waals surface area contributed by atoms with Gasteiger partial charge in [-0.1, -0.05) is 30.3 Å². The van der Waals surface area contributed by atoms with Crippen LogP contribution in [0.1, 0.15) is 12.8 Å². The van der Waals surface area contributed by atoms with E-state index in [-0.39, 0.29) is 11.6 Å². The van der Waals surface area contributed by atoms with Crippen molar-refractivity contribution in [2.24, 2.45) is 0 Å². The Balaban J connectivity index is 1.73. The van der Waals surface area contributed by atoms with Crippen LogP contribution in [0.3, 0.4) is 0 Å². The number of nitrogens with zero attached hydrogens (tertiary/aromatic N) is 4. The Morgan fingerprint density at radius 2 is 1.80 bits per heavy atom. The van der Waals surface area contributed by atoms with Gasteiger partial charge in [0.1, 0.15) is 12.1 Å². The van der Waals surface area contributed by atoms with E-state index in [1.165, 1.54) is 6.33 Å². The van der Waals surface area contributed by atoms with Gasteiger partial charge in [-0.2, -0.15) is 4.98 Å². The zero-order valence-corrected chi connectivity index (χ0v) is 13.5. The first-order valence-corrected chi connectivity index (χ1v) is 8.13. The standard InChI is InChI=1S/C18H16N4O3/c23-22(24)16-17(21-9-3-4-10-21)19-12-20-18(16)25-15-8-7-13-5-1-2-6-14(13)11-15/h1-2,5-8,11-12H,3-4,9-10H2. The maximum absolute atomic E-state index is 11.6. The molecule has 1 saturated heterocycles. The van der Waals surface area contributed by atoms with Crippen molar-refractivity contribution >= 4 is 22.3 Å². The summed E-state index contributed by atoms with van der Waals surface area (Å²) < 4.78 is 5.76. The Bertz CT molecular complexity index is 939. The number of ether oxygens (including phenoxy) is 1. The van der Waals surface area contributed by atoms with Crippen molar-refractivity contribution in [3.8, 4) is 11.6 Å². The van der Waals surface area contributed by atoms with Gasteiger partial charge in [0.2, 0.25) is 5.82 Å². The van der Waals surface area contributed by atoms with Crippen LogP contribution in [0.4, 0.5) is 11.5 Å². The lowest BCUT2D eigenvalue weighted by atomic mass is 10.1. The topological polar surface area (TPSA) is 81.4 Å². The van der Waals surface area contributed by atoms with Crippen molar-refractivity contribution in [2.75, 3.05) is 18.0 Å². The van der Waals surface area contributed by atoms with Crippen LogP contribution >= 0.6 is 0 Å². The van der Waals surface area contributed by atoms with Gasteiger partial charge >= 0.3 is 11.6 Å². The minimum Gasteiger partial charge on any atom is -0.434 e. The van der Waals surface area contributed by atoms with E-state index in [9.17, 15) is 10.1 Å². The lowest BCUT2D eigenvalue weighted by Gasteiger charge is -2.16. The number of anilines is 1. The van der Waals surface area contributed by atoms with E-state index in [4.69, 9.17) is 4.74 Å². The molecule has 1 aliphatic rings. The van der Waals surface area contributed by atoms with Gasteiger partial charge in [0, 0.05) is 13.1 Å². The Morgan fingerprint density at radius 3 is 2.56 bits per heavy atom. The van der Waals surface area contributed by atoms with Gasteiger partial charge in [-0.25, -0.2) is 4.98 Å². The molecule has 126 valence electrons. The van der Waals surface area contributed by atoms with Crippen LogP contribution in [0.5, 0.6) is 11.6 Å². The van der Waals surface area contributed by atoms with E-state index < -0.39 is 4.92 Å². The van der Waals surface area contributed by atoms with Crippen LogP contribution in [-0.2, 0) is 0 Å². The summed E-state index contributed by atoms with van der Waals surface area (Å²) in [6.07, 6.45) is 3.32. The summed E-state index contributed by atoms with van der Waals surface area (Å²) in [5, 5.41) is 13.7. The Morgan fingerprint density at radius 1 is 1.04 bits per heavy atom. The molecule has 0 unspecified atom stereocenters. The van der Waals surface area contributed by atoms with Crippen molar-refractivity contribution in [1.29, 1.82) is 0 Å². The average Bonchev–Trinajstić information content (AvgIpc) is 3.16. The second-order valence-electron chi connectivity index (χ2n) is 5.91. The summed E-state index contributed by atoms with van der Waals surface area (Å²) in [6.45, 7) is 1.51. The van der Waals surface area contributed by atoms with Crippen LogP contribution in [0, 0.1) is 10.1 Å². The first-order valence-electron chi connectivity index (χ1n) is 8.13. The fraction of sp³-hybridized carbons (Fsp3) is 0.222. The molecule has 25 heavy (non-hydrogen) atoms. The highest BCUT2D eigenvalue weighted by Crippen LogP contribution is 2.37. The van der Waals surface area contributed by atoms with Crippen molar-refractivity contribution in [3.05, 3.63) is 58.9 Å². The van der Waals surface area contributed by atoms with Crippen LogP contribution < -0.4 is 9.64 Å². The van der Waals surface area contributed by atoms with Gasteiger partial charge in [0.15, 0.2) is 0 Å². The Labute approximate surface area is 144 Å². The molecule has 7 heteroatoms. The summed E-state index contributed by atoms with van der Waals surface area (Å²) in [5.74, 6) is 0.804. The number of nitro groups is 1. The summed E-state index contributed by atoms with van der Waals surface area (Å²) in [4.78, 5) is 21.2. The number of fused-ring (bicyclic) bond motifs is 1. The van der Waals surface area contributed by atoms with E-state index in [0.717, 1.165) is 36.7 Å². The zero-order chi connectivity index (χ0) is 17.2. The summed E-state index contributed by atoms with van der Waals surface area (Å²) in [7, 11) is 0. The molecular weight excluding hydrogens is 320 g/mol. The normalized spacial score (nSPS) is 14.0. The molecule has 2 heterocycles. The van der Waals surface area contributed by atoms with Crippen molar-refractivity contribution in [1.82, 2.24) is 9.97 Å². The lowest BCUT2D eigenvalue weighted by molar-refractivity contribution is -0.385. The fourth-order valence-corrected chi connectivity index (χ4v) is 3.09. The highest BCUT2D eigenvalue weighted by Gasteiger charge is 2.30. The van der Waals surface area contributed by atoms with Crippen LogP contribution in [-0.4, -0.2) is 28.0 Å². The molecule has 0 atom stereocenters. The molecule has 0 radical (unpaired) electrons. The molecule has 1 aliphatic heterocycles. The predicted molar refractivity (Wildman–Crippen MR) is 94.2 cm³/mol. The number of hydrogen-bond donors (Lipinski definition) is 0. The third kappa shape index (κ3) is 2.96. The SMILES string of the molecule is O=[N+]([O-])c1c(Oc2ccc3ccccc3c2)ncnc1N1CCCC1. The third-order valence-electron chi connectivity index (χ3n) is 4.29. The maximum Gasteiger partial charge on any atom is 0.373 e. The number of benzene rings is 2. The first-order chi connectivity index (χ1) is 12.2. The van der Waals surface area contributed by atoms with Crippen molar-refractivity contribution in [2.45, 2.75) is 12.8 Å². The van der Waals surface area contributed by atoms with Gasteiger partial charge in [-0.05, 0) is 35.7 Å². The first kappa shape index (κ1) is 15.3. The second kappa shape index (κ2) is 6.35. The molecule has 1 fully saturated rings. The van der Waals surface area contributed by atoms with E-state index in [0.29, 0.717) is 11.6 Å². The molecule has 0 amide bonds. The van der Waals surface area contributed by atoms with E-state index in [2.05, 4.69) is 9.97 Å². The molecule has 0 bridgehead atoms. The highest BCUT2D eigenvalue weighted by atomic mass is 16.6.